The van der Waals surface area contributed by atoms with Crippen LogP contribution in [0, 0.1) is 61.6 Å². The smallest absolute Gasteiger partial charge is 0.330 e. The number of nitriles is 4. The van der Waals surface area contributed by atoms with Crippen molar-refractivity contribution in [2.45, 2.75) is 13.3 Å². The first-order valence-corrected chi connectivity index (χ1v) is 6.35. The average molecular weight is 312 g/mol. The highest BCUT2D eigenvalue weighted by Gasteiger charge is 2.81. The van der Waals surface area contributed by atoms with E-state index in [1.807, 2.05) is 0 Å². The lowest BCUT2D eigenvalue weighted by Crippen LogP contribution is -2.55. The van der Waals surface area contributed by atoms with Crippen LogP contribution in [0.2, 0.25) is 0 Å². The normalized spacial score (nSPS) is 21.1. The number of carbonyl (C=O) groups is 2. The Morgan fingerprint density at radius 2 is 1.43 bits per heavy atom. The second-order valence-electron chi connectivity index (χ2n) is 4.83. The standard InChI is InChI=1S/C15H12N4O4/c1-4-10-5-13(6-16,7-17)14(8-18,9-19)15(10,11(20)22-2)12(21)23-3/h4H,5H2,1-3H3/b10-4+. The monoisotopic (exact) mass is 312 g/mol. The Balaban J connectivity index is 4.15. The topological polar surface area (TPSA) is 148 Å². The first-order chi connectivity index (χ1) is 10.9. The summed E-state index contributed by atoms with van der Waals surface area (Å²) in [6, 6.07) is 6.38. The van der Waals surface area contributed by atoms with Crippen LogP contribution >= 0.6 is 0 Å². The Labute approximate surface area is 132 Å². The summed E-state index contributed by atoms with van der Waals surface area (Å²) < 4.78 is 9.26. The van der Waals surface area contributed by atoms with Gasteiger partial charge < -0.3 is 9.47 Å². The molecule has 0 spiro atoms. The number of nitrogens with zero attached hydrogens (tertiary/aromatic N) is 4. The molecule has 8 nitrogen and oxygen atoms in total. The molecule has 1 aliphatic carbocycles. The highest BCUT2D eigenvalue weighted by molar-refractivity contribution is 6.07. The van der Waals surface area contributed by atoms with Gasteiger partial charge in [0.2, 0.25) is 10.8 Å². The van der Waals surface area contributed by atoms with Gasteiger partial charge in [0, 0.05) is 6.42 Å². The van der Waals surface area contributed by atoms with Gasteiger partial charge in [0.25, 0.3) is 0 Å². The molecular formula is C15H12N4O4. The van der Waals surface area contributed by atoms with E-state index in [1.165, 1.54) is 13.0 Å². The third kappa shape index (κ3) is 1.67. The van der Waals surface area contributed by atoms with Crippen LogP contribution < -0.4 is 0 Å². The van der Waals surface area contributed by atoms with E-state index in [9.17, 15) is 30.6 Å². The Morgan fingerprint density at radius 3 is 1.70 bits per heavy atom. The maximum Gasteiger partial charge on any atom is 0.330 e. The van der Waals surface area contributed by atoms with Gasteiger partial charge in [0.05, 0.1) is 38.5 Å². The predicted molar refractivity (Wildman–Crippen MR) is 72.2 cm³/mol. The van der Waals surface area contributed by atoms with Crippen LogP contribution in [0.1, 0.15) is 13.3 Å². The minimum absolute atomic E-state index is 0.0394. The maximum atomic E-state index is 12.5. The van der Waals surface area contributed by atoms with Gasteiger partial charge in [0.15, 0.2) is 5.41 Å². The third-order valence-electron chi connectivity index (χ3n) is 4.19. The largest absolute Gasteiger partial charge is 0.468 e. The highest BCUT2D eigenvalue weighted by atomic mass is 16.5. The van der Waals surface area contributed by atoms with Gasteiger partial charge in [-0.3, -0.25) is 9.59 Å². The Bertz CT molecular complexity index is 710. The summed E-state index contributed by atoms with van der Waals surface area (Å²) in [5, 5.41) is 38.2. The van der Waals surface area contributed by atoms with Crippen LogP contribution in [-0.2, 0) is 19.1 Å². The van der Waals surface area contributed by atoms with Crippen molar-refractivity contribution in [2.75, 3.05) is 14.2 Å². The van der Waals surface area contributed by atoms with E-state index in [-0.39, 0.29) is 5.57 Å². The number of hydrogen-bond acceptors (Lipinski definition) is 8. The number of carbonyl (C=O) groups excluding carboxylic acids is 2. The minimum Gasteiger partial charge on any atom is -0.468 e. The predicted octanol–water partition coefficient (Wildman–Crippen LogP) is 0.736. The van der Waals surface area contributed by atoms with Crippen molar-refractivity contribution in [2.24, 2.45) is 16.2 Å². The molecule has 0 amide bonds. The van der Waals surface area contributed by atoms with E-state index in [1.54, 1.807) is 24.3 Å². The second-order valence-corrected chi connectivity index (χ2v) is 4.83. The molecule has 0 heterocycles. The molecule has 1 aliphatic rings. The molecule has 1 saturated carbocycles. The van der Waals surface area contributed by atoms with Crippen LogP contribution in [0.4, 0.5) is 0 Å². The molecule has 0 radical (unpaired) electrons. The second kappa shape index (κ2) is 5.79. The average Bonchev–Trinajstić information content (AvgIpc) is 2.87. The highest BCUT2D eigenvalue weighted by Crippen LogP contribution is 2.65. The molecular weight excluding hydrogens is 300 g/mol. The Hall–Kier alpha value is -3.36. The van der Waals surface area contributed by atoms with Crippen molar-refractivity contribution < 1.29 is 19.1 Å². The maximum absolute atomic E-state index is 12.5. The fourth-order valence-corrected chi connectivity index (χ4v) is 3.04. The van der Waals surface area contributed by atoms with E-state index in [4.69, 9.17) is 0 Å². The van der Waals surface area contributed by atoms with E-state index in [2.05, 4.69) is 9.47 Å². The van der Waals surface area contributed by atoms with Gasteiger partial charge >= 0.3 is 11.9 Å². The summed E-state index contributed by atoms with van der Waals surface area (Å²) in [6.07, 6.45) is 0.884. The molecule has 0 bridgehead atoms. The van der Waals surface area contributed by atoms with Gasteiger partial charge in [-0.25, -0.2) is 0 Å². The van der Waals surface area contributed by atoms with E-state index >= 15 is 0 Å². The molecule has 116 valence electrons. The zero-order valence-electron chi connectivity index (χ0n) is 12.7. The molecule has 0 N–H and O–H groups in total. The quantitative estimate of drug-likeness (QED) is 0.411. The molecule has 0 aliphatic heterocycles. The molecule has 0 aromatic heterocycles. The number of ether oxygens (including phenoxy) is 2. The van der Waals surface area contributed by atoms with E-state index < -0.39 is 34.6 Å². The molecule has 0 aromatic carbocycles. The lowest BCUT2D eigenvalue weighted by atomic mass is 9.57. The fourth-order valence-electron chi connectivity index (χ4n) is 3.04. The number of allylic oxidation sites excluding steroid dienone is 1. The Morgan fingerprint density at radius 1 is 1.00 bits per heavy atom. The minimum atomic E-state index is -2.61. The van der Waals surface area contributed by atoms with Crippen molar-refractivity contribution in [3.63, 3.8) is 0 Å². The van der Waals surface area contributed by atoms with Crippen LogP contribution in [0.5, 0.6) is 0 Å². The molecule has 0 saturated heterocycles. The van der Waals surface area contributed by atoms with Crippen molar-refractivity contribution in [1.29, 1.82) is 21.0 Å². The van der Waals surface area contributed by atoms with Gasteiger partial charge in [-0.05, 0) is 12.5 Å². The number of rotatable bonds is 2. The molecule has 1 rings (SSSR count). The van der Waals surface area contributed by atoms with Gasteiger partial charge in [0.1, 0.15) is 0 Å². The first-order valence-electron chi connectivity index (χ1n) is 6.35. The number of esters is 2. The van der Waals surface area contributed by atoms with Gasteiger partial charge in [-0.2, -0.15) is 21.0 Å². The SMILES string of the molecule is C/C=C1\CC(C#N)(C#N)C(C#N)(C#N)C1(C(=O)OC)C(=O)OC. The summed E-state index contributed by atoms with van der Waals surface area (Å²) in [5.41, 5.74) is -7.37. The van der Waals surface area contributed by atoms with Crippen LogP contribution in [-0.4, -0.2) is 26.2 Å². The first kappa shape index (κ1) is 17.7. The molecule has 1 fully saturated rings. The van der Waals surface area contributed by atoms with Gasteiger partial charge in [-0.1, -0.05) is 6.08 Å². The van der Waals surface area contributed by atoms with Crippen molar-refractivity contribution in [3.8, 4) is 24.3 Å². The number of hydrogen-bond donors (Lipinski definition) is 0. The third-order valence-corrected chi connectivity index (χ3v) is 4.19. The molecule has 0 aromatic rings. The van der Waals surface area contributed by atoms with Crippen molar-refractivity contribution in [3.05, 3.63) is 11.6 Å². The molecule has 8 heteroatoms. The summed E-state index contributed by atoms with van der Waals surface area (Å²) in [5.74, 6) is -2.46. The summed E-state index contributed by atoms with van der Waals surface area (Å²) in [6.45, 7) is 1.46. The van der Waals surface area contributed by atoms with Crippen LogP contribution in [0.15, 0.2) is 11.6 Å². The van der Waals surface area contributed by atoms with Crippen molar-refractivity contribution >= 4 is 11.9 Å². The zero-order chi connectivity index (χ0) is 17.9. The fraction of sp³-hybridized carbons (Fsp3) is 0.467. The number of methoxy groups -OCH3 is 2. The van der Waals surface area contributed by atoms with Gasteiger partial charge in [-0.15, -0.1) is 0 Å². The van der Waals surface area contributed by atoms with E-state index in [0.717, 1.165) is 14.2 Å². The Kier molecular flexibility index (Phi) is 4.46. The van der Waals surface area contributed by atoms with Crippen molar-refractivity contribution in [1.82, 2.24) is 0 Å². The summed E-state index contributed by atoms with van der Waals surface area (Å²) in [7, 11) is 1.94. The van der Waals surface area contributed by atoms with E-state index in [0.29, 0.717) is 0 Å². The molecule has 0 unspecified atom stereocenters. The summed E-state index contributed by atoms with van der Waals surface area (Å²) >= 11 is 0. The lowest BCUT2D eigenvalue weighted by Gasteiger charge is -2.35. The molecule has 23 heavy (non-hydrogen) atoms. The molecule has 0 atom stereocenters. The summed E-state index contributed by atoms with van der Waals surface area (Å²) in [4.78, 5) is 24.9. The van der Waals surface area contributed by atoms with Crippen LogP contribution in [0.25, 0.3) is 0 Å². The van der Waals surface area contributed by atoms with Crippen LogP contribution in [0.3, 0.4) is 0 Å². The lowest BCUT2D eigenvalue weighted by molar-refractivity contribution is -0.170. The zero-order valence-corrected chi connectivity index (χ0v) is 12.7.